The van der Waals surface area contributed by atoms with Crippen molar-refractivity contribution in [3.63, 3.8) is 0 Å². The summed E-state index contributed by atoms with van der Waals surface area (Å²) in [6, 6.07) is 0.900. The lowest BCUT2D eigenvalue weighted by Crippen LogP contribution is -2.45. The van der Waals surface area contributed by atoms with Crippen LogP contribution in [0.2, 0.25) is 0 Å². The van der Waals surface area contributed by atoms with E-state index in [4.69, 9.17) is 10.5 Å². The van der Waals surface area contributed by atoms with Crippen molar-refractivity contribution >= 4 is 5.91 Å². The molecule has 1 aliphatic carbocycles. The molecule has 2 fully saturated rings. The van der Waals surface area contributed by atoms with Gasteiger partial charge in [-0.1, -0.05) is 6.42 Å². The van der Waals surface area contributed by atoms with Crippen molar-refractivity contribution in [1.82, 2.24) is 5.32 Å². The molecular weight excluding hydrogens is 204 g/mol. The third-order valence-electron chi connectivity index (χ3n) is 3.90. The SMILES string of the molecule is CC1OCCC1NC1CCCC(C(N)=O)C1. The minimum Gasteiger partial charge on any atom is -0.377 e. The Morgan fingerprint density at radius 3 is 2.81 bits per heavy atom. The van der Waals surface area contributed by atoms with Gasteiger partial charge in [-0.15, -0.1) is 0 Å². The van der Waals surface area contributed by atoms with Gasteiger partial charge in [-0.25, -0.2) is 0 Å². The molecule has 0 aromatic heterocycles. The van der Waals surface area contributed by atoms with Crippen LogP contribution in [0.3, 0.4) is 0 Å². The molecule has 4 atom stereocenters. The number of carbonyl (C=O) groups is 1. The Morgan fingerprint density at radius 2 is 2.19 bits per heavy atom. The fourth-order valence-corrected chi connectivity index (χ4v) is 2.85. The van der Waals surface area contributed by atoms with Gasteiger partial charge in [-0.05, 0) is 32.6 Å². The number of ether oxygens (including phenoxy) is 1. The van der Waals surface area contributed by atoms with Gasteiger partial charge in [0.2, 0.25) is 5.91 Å². The van der Waals surface area contributed by atoms with Crippen molar-refractivity contribution in [2.24, 2.45) is 11.7 Å². The number of carbonyl (C=O) groups excluding carboxylic acids is 1. The summed E-state index contributed by atoms with van der Waals surface area (Å²) >= 11 is 0. The second kappa shape index (κ2) is 5.15. The molecule has 2 rings (SSSR count). The molecule has 92 valence electrons. The monoisotopic (exact) mass is 226 g/mol. The molecule has 0 spiro atoms. The molecule has 0 bridgehead atoms. The molecule has 4 nitrogen and oxygen atoms in total. The van der Waals surface area contributed by atoms with Crippen molar-refractivity contribution in [2.75, 3.05) is 6.61 Å². The van der Waals surface area contributed by atoms with Gasteiger partial charge in [0.15, 0.2) is 0 Å². The highest BCUT2D eigenvalue weighted by Crippen LogP contribution is 2.25. The van der Waals surface area contributed by atoms with E-state index in [1.165, 1.54) is 0 Å². The van der Waals surface area contributed by atoms with Gasteiger partial charge in [0.1, 0.15) is 0 Å². The third kappa shape index (κ3) is 2.74. The van der Waals surface area contributed by atoms with Crippen LogP contribution in [-0.4, -0.2) is 30.7 Å². The first-order valence-corrected chi connectivity index (χ1v) is 6.34. The molecular formula is C12H22N2O2. The van der Waals surface area contributed by atoms with Crippen molar-refractivity contribution < 1.29 is 9.53 Å². The third-order valence-corrected chi connectivity index (χ3v) is 3.90. The zero-order valence-corrected chi connectivity index (χ0v) is 9.95. The molecule has 0 radical (unpaired) electrons. The van der Waals surface area contributed by atoms with Gasteiger partial charge >= 0.3 is 0 Å². The molecule has 0 aromatic carbocycles. The van der Waals surface area contributed by atoms with E-state index in [1.807, 2.05) is 0 Å². The maximum Gasteiger partial charge on any atom is 0.220 e. The van der Waals surface area contributed by atoms with Crippen LogP contribution in [0.15, 0.2) is 0 Å². The minimum absolute atomic E-state index is 0.0730. The van der Waals surface area contributed by atoms with Crippen molar-refractivity contribution in [3.05, 3.63) is 0 Å². The zero-order valence-electron chi connectivity index (χ0n) is 9.95. The largest absolute Gasteiger partial charge is 0.377 e. The number of hydrogen-bond acceptors (Lipinski definition) is 3. The second-order valence-corrected chi connectivity index (χ2v) is 5.10. The Morgan fingerprint density at radius 1 is 1.38 bits per heavy atom. The molecule has 4 heteroatoms. The summed E-state index contributed by atoms with van der Waals surface area (Å²) in [6.07, 6.45) is 5.51. The first kappa shape index (κ1) is 11.9. The molecule has 16 heavy (non-hydrogen) atoms. The van der Waals surface area contributed by atoms with Gasteiger partial charge in [-0.2, -0.15) is 0 Å². The smallest absolute Gasteiger partial charge is 0.220 e. The standard InChI is InChI=1S/C12H22N2O2/c1-8-11(5-6-16-8)14-10-4-2-3-9(7-10)12(13)15/h8-11,14H,2-7H2,1H3,(H2,13,15). The highest BCUT2D eigenvalue weighted by atomic mass is 16.5. The van der Waals surface area contributed by atoms with E-state index in [0.717, 1.165) is 38.7 Å². The van der Waals surface area contributed by atoms with Gasteiger partial charge < -0.3 is 15.8 Å². The fourth-order valence-electron chi connectivity index (χ4n) is 2.85. The van der Waals surface area contributed by atoms with Gasteiger partial charge in [0, 0.05) is 24.6 Å². The summed E-state index contributed by atoms with van der Waals surface area (Å²) in [6.45, 7) is 2.96. The number of nitrogens with one attached hydrogen (secondary N) is 1. The Balaban J connectivity index is 1.83. The number of rotatable bonds is 3. The van der Waals surface area contributed by atoms with E-state index in [-0.39, 0.29) is 11.8 Å². The highest BCUT2D eigenvalue weighted by Gasteiger charge is 2.30. The summed E-state index contributed by atoms with van der Waals surface area (Å²) in [5, 5.41) is 3.62. The molecule has 4 unspecified atom stereocenters. The maximum atomic E-state index is 11.2. The lowest BCUT2D eigenvalue weighted by molar-refractivity contribution is -0.123. The molecule has 2 aliphatic rings. The van der Waals surface area contributed by atoms with Crippen LogP contribution in [-0.2, 0) is 9.53 Å². The predicted octanol–water partition coefficient (Wildman–Crippen LogP) is 0.797. The van der Waals surface area contributed by atoms with Gasteiger partial charge in [-0.3, -0.25) is 4.79 Å². The quantitative estimate of drug-likeness (QED) is 0.748. The van der Waals surface area contributed by atoms with Crippen LogP contribution in [0.1, 0.15) is 39.0 Å². The van der Waals surface area contributed by atoms with E-state index < -0.39 is 0 Å². The van der Waals surface area contributed by atoms with E-state index in [2.05, 4.69) is 12.2 Å². The average molecular weight is 226 g/mol. The predicted molar refractivity (Wildman–Crippen MR) is 61.9 cm³/mol. The molecule has 1 aliphatic heterocycles. The minimum atomic E-state index is -0.137. The van der Waals surface area contributed by atoms with Gasteiger partial charge in [0.25, 0.3) is 0 Å². The van der Waals surface area contributed by atoms with Gasteiger partial charge in [0.05, 0.1) is 6.10 Å². The van der Waals surface area contributed by atoms with Crippen molar-refractivity contribution in [3.8, 4) is 0 Å². The lowest BCUT2D eigenvalue weighted by atomic mass is 9.85. The second-order valence-electron chi connectivity index (χ2n) is 5.10. The number of nitrogens with two attached hydrogens (primary N) is 1. The summed E-state index contributed by atoms with van der Waals surface area (Å²) in [4.78, 5) is 11.2. The Labute approximate surface area is 96.9 Å². The average Bonchev–Trinajstić information content (AvgIpc) is 2.65. The van der Waals surface area contributed by atoms with Crippen LogP contribution in [0, 0.1) is 5.92 Å². The van der Waals surface area contributed by atoms with Crippen LogP contribution in [0.25, 0.3) is 0 Å². The summed E-state index contributed by atoms with van der Waals surface area (Å²) in [5.41, 5.74) is 5.37. The lowest BCUT2D eigenvalue weighted by Gasteiger charge is -2.31. The Hall–Kier alpha value is -0.610. The van der Waals surface area contributed by atoms with Crippen molar-refractivity contribution in [1.29, 1.82) is 0 Å². The number of primary amides is 1. The fraction of sp³-hybridized carbons (Fsp3) is 0.917. The molecule has 0 aromatic rings. The summed E-state index contributed by atoms with van der Waals surface area (Å²) < 4.78 is 5.53. The summed E-state index contributed by atoms with van der Waals surface area (Å²) in [7, 11) is 0. The number of amides is 1. The molecule has 1 saturated carbocycles. The first-order chi connectivity index (χ1) is 7.66. The molecule has 1 heterocycles. The van der Waals surface area contributed by atoms with Crippen molar-refractivity contribution in [2.45, 2.75) is 57.2 Å². The molecule has 1 amide bonds. The van der Waals surface area contributed by atoms with E-state index in [9.17, 15) is 4.79 Å². The summed E-state index contributed by atoms with van der Waals surface area (Å²) in [5.74, 6) is -0.0638. The highest BCUT2D eigenvalue weighted by molar-refractivity contribution is 5.76. The zero-order chi connectivity index (χ0) is 11.5. The molecule has 3 N–H and O–H groups in total. The van der Waals surface area contributed by atoms with E-state index >= 15 is 0 Å². The topological polar surface area (TPSA) is 64.3 Å². The Bertz CT molecular complexity index is 257. The first-order valence-electron chi connectivity index (χ1n) is 6.34. The van der Waals surface area contributed by atoms with Crippen LogP contribution in [0.5, 0.6) is 0 Å². The van der Waals surface area contributed by atoms with Crippen LogP contribution >= 0.6 is 0 Å². The molecule has 1 saturated heterocycles. The van der Waals surface area contributed by atoms with E-state index in [0.29, 0.717) is 18.2 Å². The van der Waals surface area contributed by atoms with E-state index in [1.54, 1.807) is 0 Å². The van der Waals surface area contributed by atoms with Crippen LogP contribution in [0.4, 0.5) is 0 Å². The normalized spacial score (nSPS) is 39.8. The number of hydrogen-bond donors (Lipinski definition) is 2. The Kier molecular flexibility index (Phi) is 3.82. The maximum absolute atomic E-state index is 11.2. The van der Waals surface area contributed by atoms with Crippen LogP contribution < -0.4 is 11.1 Å².